The second-order valence-electron chi connectivity index (χ2n) is 6.55. The topological polar surface area (TPSA) is 110 Å². The molecule has 0 saturated carbocycles. The van der Waals surface area contributed by atoms with Crippen molar-refractivity contribution >= 4 is 33.8 Å². The normalized spacial score (nSPS) is 14.7. The maximum absolute atomic E-state index is 12.3. The van der Waals surface area contributed by atoms with Gasteiger partial charge < -0.3 is 9.64 Å². The number of amides is 1. The van der Waals surface area contributed by atoms with E-state index in [4.69, 9.17) is 4.74 Å². The first kappa shape index (κ1) is 20.9. The van der Waals surface area contributed by atoms with Crippen LogP contribution in [0.2, 0.25) is 0 Å². The van der Waals surface area contributed by atoms with E-state index in [-0.39, 0.29) is 18.0 Å². The summed E-state index contributed by atoms with van der Waals surface area (Å²) < 4.78 is 5.34. The first-order valence-corrected chi connectivity index (χ1v) is 10.3. The third-order valence-corrected chi connectivity index (χ3v) is 5.31. The standard InChI is InChI=1S/C19H23N5O4S/c1-2-4-17(14-5-3-6-16(11-14)24(26)27)21-22-18(25)12-15-13-29-19(20-15)23-7-9-28-10-8-23/h3,5-6,11,13H,2,4,7-10,12H2,1H3,(H,22,25)/b21-17-. The summed E-state index contributed by atoms with van der Waals surface area (Å²) in [6, 6.07) is 6.27. The van der Waals surface area contributed by atoms with Crippen LogP contribution in [0.5, 0.6) is 0 Å². The summed E-state index contributed by atoms with van der Waals surface area (Å²) in [7, 11) is 0. The zero-order valence-electron chi connectivity index (χ0n) is 16.2. The van der Waals surface area contributed by atoms with Crippen molar-refractivity contribution in [2.24, 2.45) is 5.10 Å². The molecule has 10 heteroatoms. The molecule has 3 rings (SSSR count). The van der Waals surface area contributed by atoms with Gasteiger partial charge in [-0.3, -0.25) is 14.9 Å². The highest BCUT2D eigenvalue weighted by Gasteiger charge is 2.16. The molecule has 154 valence electrons. The zero-order chi connectivity index (χ0) is 20.6. The van der Waals surface area contributed by atoms with Gasteiger partial charge in [-0.15, -0.1) is 11.3 Å². The number of nitrogens with zero attached hydrogens (tertiary/aromatic N) is 4. The van der Waals surface area contributed by atoms with Crippen LogP contribution < -0.4 is 10.3 Å². The number of hydrogen-bond donors (Lipinski definition) is 1. The van der Waals surface area contributed by atoms with Gasteiger partial charge in [0, 0.05) is 36.2 Å². The maximum Gasteiger partial charge on any atom is 0.270 e. The third kappa shape index (κ3) is 5.81. The van der Waals surface area contributed by atoms with Crippen molar-refractivity contribution in [1.82, 2.24) is 10.4 Å². The van der Waals surface area contributed by atoms with Crippen LogP contribution >= 0.6 is 11.3 Å². The number of non-ortho nitro benzene ring substituents is 1. The summed E-state index contributed by atoms with van der Waals surface area (Å²) in [5, 5.41) is 18.0. The van der Waals surface area contributed by atoms with E-state index in [1.54, 1.807) is 12.1 Å². The Morgan fingerprint density at radius 1 is 1.41 bits per heavy atom. The van der Waals surface area contributed by atoms with E-state index in [1.807, 2.05) is 12.3 Å². The van der Waals surface area contributed by atoms with Crippen LogP contribution in [0.25, 0.3) is 0 Å². The molecular weight excluding hydrogens is 394 g/mol. The molecule has 0 unspecified atom stereocenters. The zero-order valence-corrected chi connectivity index (χ0v) is 17.0. The fourth-order valence-corrected chi connectivity index (χ4v) is 3.79. The number of aromatic nitrogens is 1. The number of nitro groups is 1. The summed E-state index contributed by atoms with van der Waals surface area (Å²) in [6.07, 6.45) is 1.52. The molecule has 1 aliphatic rings. The number of carbonyl (C=O) groups is 1. The van der Waals surface area contributed by atoms with Gasteiger partial charge in [0.2, 0.25) is 5.91 Å². The number of nitro benzene ring substituents is 1. The molecule has 2 heterocycles. The van der Waals surface area contributed by atoms with Gasteiger partial charge in [-0.1, -0.05) is 25.5 Å². The summed E-state index contributed by atoms with van der Waals surface area (Å²) >= 11 is 1.51. The Morgan fingerprint density at radius 2 is 2.21 bits per heavy atom. The Bertz CT molecular complexity index is 892. The van der Waals surface area contributed by atoms with Crippen molar-refractivity contribution in [1.29, 1.82) is 0 Å². The number of hydrazone groups is 1. The van der Waals surface area contributed by atoms with E-state index < -0.39 is 4.92 Å². The van der Waals surface area contributed by atoms with Crippen LogP contribution in [0.4, 0.5) is 10.8 Å². The Labute approximate surface area is 172 Å². The van der Waals surface area contributed by atoms with Crippen molar-refractivity contribution in [3.8, 4) is 0 Å². The molecule has 0 aliphatic carbocycles. The van der Waals surface area contributed by atoms with Gasteiger partial charge in [0.1, 0.15) is 0 Å². The van der Waals surface area contributed by atoms with Gasteiger partial charge in [0.15, 0.2) is 5.13 Å². The molecule has 0 bridgehead atoms. The van der Waals surface area contributed by atoms with Crippen LogP contribution in [0.15, 0.2) is 34.7 Å². The van der Waals surface area contributed by atoms with Gasteiger partial charge in [-0.2, -0.15) is 5.10 Å². The van der Waals surface area contributed by atoms with Crippen LogP contribution in [-0.4, -0.2) is 47.8 Å². The molecular formula is C19H23N5O4S. The lowest BCUT2D eigenvalue weighted by Crippen LogP contribution is -2.36. The average molecular weight is 417 g/mol. The smallest absolute Gasteiger partial charge is 0.270 e. The van der Waals surface area contributed by atoms with Gasteiger partial charge in [-0.05, 0) is 6.42 Å². The van der Waals surface area contributed by atoms with E-state index in [9.17, 15) is 14.9 Å². The second kappa shape index (κ2) is 10.1. The summed E-state index contributed by atoms with van der Waals surface area (Å²) in [4.78, 5) is 29.6. The molecule has 1 amide bonds. The molecule has 0 radical (unpaired) electrons. The third-order valence-electron chi connectivity index (χ3n) is 4.36. The summed E-state index contributed by atoms with van der Waals surface area (Å²) in [6.45, 7) is 4.95. The maximum atomic E-state index is 12.3. The summed E-state index contributed by atoms with van der Waals surface area (Å²) in [5.74, 6) is -0.275. The predicted molar refractivity (Wildman–Crippen MR) is 112 cm³/mol. The van der Waals surface area contributed by atoms with E-state index in [2.05, 4.69) is 20.4 Å². The largest absolute Gasteiger partial charge is 0.378 e. The number of anilines is 1. The van der Waals surface area contributed by atoms with Crippen molar-refractivity contribution in [2.45, 2.75) is 26.2 Å². The monoisotopic (exact) mass is 417 g/mol. The van der Waals surface area contributed by atoms with Crippen LogP contribution in [0, 0.1) is 10.1 Å². The molecule has 1 saturated heterocycles. The first-order valence-electron chi connectivity index (χ1n) is 9.44. The highest BCUT2D eigenvalue weighted by molar-refractivity contribution is 7.13. The minimum atomic E-state index is -0.445. The van der Waals surface area contributed by atoms with Crippen molar-refractivity contribution < 1.29 is 14.5 Å². The van der Waals surface area contributed by atoms with Crippen LogP contribution in [0.1, 0.15) is 31.0 Å². The molecule has 0 atom stereocenters. The second-order valence-corrected chi connectivity index (χ2v) is 7.39. The number of carbonyl (C=O) groups excluding carboxylic acids is 1. The minimum absolute atomic E-state index is 0.00394. The van der Waals surface area contributed by atoms with Crippen molar-refractivity contribution in [2.75, 3.05) is 31.2 Å². The lowest BCUT2D eigenvalue weighted by atomic mass is 10.1. The van der Waals surface area contributed by atoms with E-state index in [0.29, 0.717) is 36.6 Å². The quantitative estimate of drug-likeness (QED) is 0.402. The molecule has 1 aromatic carbocycles. The lowest BCUT2D eigenvalue weighted by molar-refractivity contribution is -0.384. The number of benzene rings is 1. The summed E-state index contributed by atoms with van der Waals surface area (Å²) in [5.41, 5.74) is 4.49. The number of hydrogen-bond acceptors (Lipinski definition) is 8. The Hall–Kier alpha value is -2.85. The predicted octanol–water partition coefficient (Wildman–Crippen LogP) is 2.75. The highest BCUT2D eigenvalue weighted by atomic mass is 32.1. The number of nitrogens with one attached hydrogen (secondary N) is 1. The van der Waals surface area contributed by atoms with Crippen molar-refractivity contribution in [3.63, 3.8) is 0 Å². The first-order chi connectivity index (χ1) is 14.1. The van der Waals surface area contributed by atoms with E-state index >= 15 is 0 Å². The van der Waals surface area contributed by atoms with Gasteiger partial charge in [0.05, 0.1) is 36.0 Å². The number of rotatable bonds is 8. The van der Waals surface area contributed by atoms with Crippen LogP contribution in [-0.2, 0) is 16.0 Å². The molecule has 1 aromatic heterocycles. The average Bonchev–Trinajstić information content (AvgIpc) is 3.20. The molecule has 2 aromatic rings. The van der Waals surface area contributed by atoms with Gasteiger partial charge in [0.25, 0.3) is 5.69 Å². The Morgan fingerprint density at radius 3 is 2.93 bits per heavy atom. The molecule has 1 N–H and O–H groups in total. The van der Waals surface area contributed by atoms with Gasteiger partial charge >= 0.3 is 0 Å². The molecule has 1 fully saturated rings. The van der Waals surface area contributed by atoms with E-state index in [1.165, 1.54) is 23.5 Å². The molecule has 9 nitrogen and oxygen atoms in total. The molecule has 1 aliphatic heterocycles. The number of morpholine rings is 1. The lowest BCUT2D eigenvalue weighted by Gasteiger charge is -2.26. The molecule has 29 heavy (non-hydrogen) atoms. The molecule has 0 spiro atoms. The van der Waals surface area contributed by atoms with Crippen LogP contribution in [0.3, 0.4) is 0 Å². The van der Waals surface area contributed by atoms with E-state index in [0.717, 1.165) is 24.6 Å². The number of ether oxygens (including phenoxy) is 1. The van der Waals surface area contributed by atoms with Crippen molar-refractivity contribution in [3.05, 3.63) is 51.0 Å². The Kier molecular flexibility index (Phi) is 7.25. The fraction of sp³-hybridized carbons (Fsp3) is 0.421. The minimum Gasteiger partial charge on any atom is -0.378 e. The Balaban J connectivity index is 1.63. The fourth-order valence-electron chi connectivity index (χ4n) is 2.91. The van der Waals surface area contributed by atoms with Gasteiger partial charge in [-0.25, -0.2) is 10.4 Å². The highest BCUT2D eigenvalue weighted by Crippen LogP contribution is 2.21. The SMILES string of the molecule is CCC/C(=N/NC(=O)Cc1csc(N2CCOCC2)n1)c1cccc([N+](=O)[O-])c1. The number of thiazole rings is 1.